The number of aromatic nitrogens is 2. The number of aryl methyl sites for hydroxylation is 1. The highest BCUT2D eigenvalue weighted by Gasteiger charge is 2.39. The van der Waals surface area contributed by atoms with E-state index in [2.05, 4.69) is 5.10 Å². The van der Waals surface area contributed by atoms with Gasteiger partial charge in [0.15, 0.2) is 0 Å². The summed E-state index contributed by atoms with van der Waals surface area (Å²) >= 11 is 0. The number of rotatable bonds is 3. The van der Waals surface area contributed by atoms with E-state index >= 15 is 0 Å². The van der Waals surface area contributed by atoms with E-state index in [0.717, 1.165) is 19.3 Å². The lowest BCUT2D eigenvalue weighted by atomic mass is 9.93. The zero-order chi connectivity index (χ0) is 16.8. The first kappa shape index (κ1) is 14.6. The first-order chi connectivity index (χ1) is 11.6. The third kappa shape index (κ3) is 2.12. The Balaban J connectivity index is 1.56. The van der Waals surface area contributed by atoms with Crippen LogP contribution in [0.1, 0.15) is 62.1 Å². The average Bonchev–Trinajstić information content (AvgIpc) is 3.00. The van der Waals surface area contributed by atoms with E-state index in [0.29, 0.717) is 16.8 Å². The Labute approximate surface area is 137 Å². The molecule has 1 aromatic carbocycles. The molecule has 7 nitrogen and oxygen atoms in total. The van der Waals surface area contributed by atoms with Crippen LogP contribution < -0.4 is 0 Å². The van der Waals surface area contributed by atoms with Crippen molar-refractivity contribution < 1.29 is 19.2 Å². The zero-order valence-corrected chi connectivity index (χ0v) is 13.1. The molecule has 1 fully saturated rings. The molecule has 4 rings (SSSR count). The van der Waals surface area contributed by atoms with Crippen LogP contribution in [0.25, 0.3) is 0 Å². The number of fused-ring (bicyclic) bond motifs is 1. The molecule has 2 aromatic rings. The van der Waals surface area contributed by atoms with Gasteiger partial charge in [0.1, 0.15) is 5.56 Å². The Morgan fingerprint density at radius 1 is 1.17 bits per heavy atom. The highest BCUT2D eigenvalue weighted by molar-refractivity contribution is 6.21. The SMILES string of the molecule is Cc1nn(C2CCC2)cc1C(=O)ON1C(=O)c2ccccc2C1=O. The van der Waals surface area contributed by atoms with Crippen molar-refractivity contribution in [3.8, 4) is 0 Å². The number of hydrogen-bond donors (Lipinski definition) is 0. The number of benzene rings is 1. The Bertz CT molecular complexity index is 831. The molecule has 0 radical (unpaired) electrons. The van der Waals surface area contributed by atoms with Gasteiger partial charge >= 0.3 is 5.97 Å². The minimum Gasteiger partial charge on any atom is -0.324 e. The van der Waals surface area contributed by atoms with Gasteiger partial charge in [-0.05, 0) is 38.3 Å². The van der Waals surface area contributed by atoms with E-state index in [4.69, 9.17) is 4.84 Å². The summed E-state index contributed by atoms with van der Waals surface area (Å²) in [5.74, 6) is -2.02. The van der Waals surface area contributed by atoms with Crippen molar-refractivity contribution in [2.45, 2.75) is 32.2 Å². The van der Waals surface area contributed by atoms with E-state index in [-0.39, 0.29) is 16.7 Å². The van der Waals surface area contributed by atoms with Gasteiger partial charge in [-0.15, -0.1) is 0 Å². The molecular formula is C17H15N3O4. The van der Waals surface area contributed by atoms with Gasteiger partial charge < -0.3 is 4.84 Å². The molecule has 24 heavy (non-hydrogen) atoms. The van der Waals surface area contributed by atoms with Crippen LogP contribution in [0.3, 0.4) is 0 Å². The van der Waals surface area contributed by atoms with Crippen molar-refractivity contribution in [1.29, 1.82) is 0 Å². The van der Waals surface area contributed by atoms with Crippen LogP contribution in [0.15, 0.2) is 30.5 Å². The molecule has 2 aliphatic rings. The van der Waals surface area contributed by atoms with Crippen LogP contribution >= 0.6 is 0 Å². The first-order valence-corrected chi connectivity index (χ1v) is 7.82. The van der Waals surface area contributed by atoms with Gasteiger partial charge in [0.05, 0.1) is 22.9 Å². The molecule has 1 aliphatic carbocycles. The van der Waals surface area contributed by atoms with Crippen molar-refractivity contribution in [3.05, 3.63) is 52.8 Å². The van der Waals surface area contributed by atoms with E-state index in [1.54, 1.807) is 29.9 Å². The fraction of sp³-hybridized carbons (Fsp3) is 0.294. The molecule has 0 N–H and O–H groups in total. The third-order valence-electron chi connectivity index (χ3n) is 4.52. The number of hydrogen-bond acceptors (Lipinski definition) is 5. The van der Waals surface area contributed by atoms with Gasteiger partial charge in [-0.3, -0.25) is 14.3 Å². The lowest BCUT2D eigenvalue weighted by Gasteiger charge is -2.25. The predicted molar refractivity (Wildman–Crippen MR) is 82.2 cm³/mol. The highest BCUT2D eigenvalue weighted by atomic mass is 16.7. The summed E-state index contributed by atoms with van der Waals surface area (Å²) in [5, 5.41) is 4.85. The zero-order valence-electron chi connectivity index (χ0n) is 13.1. The number of carbonyl (C=O) groups excluding carboxylic acids is 3. The van der Waals surface area contributed by atoms with E-state index in [1.165, 1.54) is 12.1 Å². The third-order valence-corrected chi connectivity index (χ3v) is 4.52. The molecule has 0 atom stereocenters. The highest BCUT2D eigenvalue weighted by Crippen LogP contribution is 2.31. The smallest absolute Gasteiger partial charge is 0.324 e. The maximum absolute atomic E-state index is 12.4. The Morgan fingerprint density at radius 3 is 2.33 bits per heavy atom. The Kier molecular flexibility index (Phi) is 3.23. The Hall–Kier alpha value is -2.96. The number of hydroxylamine groups is 2. The van der Waals surface area contributed by atoms with E-state index < -0.39 is 17.8 Å². The largest absolute Gasteiger partial charge is 0.367 e. The topological polar surface area (TPSA) is 81.5 Å². The van der Waals surface area contributed by atoms with Crippen LogP contribution in [0.5, 0.6) is 0 Å². The van der Waals surface area contributed by atoms with Gasteiger partial charge in [-0.2, -0.15) is 5.10 Å². The van der Waals surface area contributed by atoms with Gasteiger partial charge in [-0.25, -0.2) is 4.79 Å². The summed E-state index contributed by atoms with van der Waals surface area (Å²) < 4.78 is 1.76. The van der Waals surface area contributed by atoms with Crippen molar-refractivity contribution in [2.24, 2.45) is 0 Å². The van der Waals surface area contributed by atoms with Gasteiger partial charge in [0.25, 0.3) is 11.8 Å². The van der Waals surface area contributed by atoms with Gasteiger partial charge in [-0.1, -0.05) is 17.2 Å². The molecule has 122 valence electrons. The summed E-state index contributed by atoms with van der Waals surface area (Å²) in [6.45, 7) is 1.70. The molecular weight excluding hydrogens is 310 g/mol. The summed E-state index contributed by atoms with van der Waals surface area (Å²) in [7, 11) is 0. The van der Waals surface area contributed by atoms with Gasteiger partial charge in [0, 0.05) is 6.20 Å². The summed E-state index contributed by atoms with van der Waals surface area (Å²) in [6.07, 6.45) is 4.85. The summed E-state index contributed by atoms with van der Waals surface area (Å²) in [4.78, 5) is 41.9. The average molecular weight is 325 g/mol. The standard InChI is InChI=1S/C17H15N3O4/c1-10-14(9-19(18-10)11-5-4-6-11)17(23)24-20-15(21)12-7-2-3-8-13(12)16(20)22/h2-3,7-9,11H,4-6H2,1H3. The second-order valence-corrected chi connectivity index (χ2v) is 6.02. The maximum Gasteiger partial charge on any atom is 0.367 e. The number of nitrogens with zero attached hydrogens (tertiary/aromatic N) is 3. The predicted octanol–water partition coefficient (Wildman–Crippen LogP) is 2.28. The number of carbonyl (C=O) groups is 3. The summed E-state index contributed by atoms with van der Waals surface area (Å²) in [6, 6.07) is 6.68. The normalized spacial score (nSPS) is 17.0. The van der Waals surface area contributed by atoms with Crippen molar-refractivity contribution in [3.63, 3.8) is 0 Å². The second-order valence-electron chi connectivity index (χ2n) is 6.02. The van der Waals surface area contributed by atoms with Crippen LogP contribution in [-0.4, -0.2) is 32.6 Å². The monoisotopic (exact) mass is 325 g/mol. The van der Waals surface area contributed by atoms with Crippen molar-refractivity contribution in [2.75, 3.05) is 0 Å². The second kappa shape index (κ2) is 5.30. The van der Waals surface area contributed by atoms with E-state index in [9.17, 15) is 14.4 Å². The minimum absolute atomic E-state index is 0.234. The van der Waals surface area contributed by atoms with Crippen LogP contribution in [0.2, 0.25) is 0 Å². The fourth-order valence-electron chi connectivity index (χ4n) is 2.90. The lowest BCUT2D eigenvalue weighted by Crippen LogP contribution is -2.32. The van der Waals surface area contributed by atoms with Crippen LogP contribution in [-0.2, 0) is 4.84 Å². The Morgan fingerprint density at radius 2 is 1.79 bits per heavy atom. The number of amides is 2. The van der Waals surface area contributed by atoms with Crippen molar-refractivity contribution >= 4 is 17.8 Å². The first-order valence-electron chi connectivity index (χ1n) is 7.82. The van der Waals surface area contributed by atoms with Crippen molar-refractivity contribution in [1.82, 2.24) is 14.8 Å². The van der Waals surface area contributed by atoms with Gasteiger partial charge in [0.2, 0.25) is 0 Å². The molecule has 0 unspecified atom stereocenters. The van der Waals surface area contributed by atoms with E-state index in [1.807, 2.05) is 0 Å². The molecule has 7 heteroatoms. The quantitative estimate of drug-likeness (QED) is 0.809. The minimum atomic E-state index is -0.757. The van der Waals surface area contributed by atoms with Crippen LogP contribution in [0, 0.1) is 6.92 Å². The maximum atomic E-state index is 12.4. The molecule has 2 amide bonds. The molecule has 1 saturated carbocycles. The molecule has 0 saturated heterocycles. The molecule has 1 aliphatic heterocycles. The van der Waals surface area contributed by atoms with Crippen LogP contribution in [0.4, 0.5) is 0 Å². The molecule has 1 aromatic heterocycles. The lowest BCUT2D eigenvalue weighted by molar-refractivity contribution is -0.0585. The molecule has 0 bridgehead atoms. The fourth-order valence-corrected chi connectivity index (χ4v) is 2.90. The molecule has 2 heterocycles. The summed E-state index contributed by atoms with van der Waals surface area (Å²) in [5.41, 5.74) is 1.25. The molecule has 0 spiro atoms. The number of imide groups is 1.